The second-order valence-electron chi connectivity index (χ2n) is 4.07. The molecular weight excluding hydrogens is 312 g/mol. The van der Waals surface area contributed by atoms with Gasteiger partial charge in [0, 0.05) is 35.6 Å². The molecule has 0 spiro atoms. The van der Waals surface area contributed by atoms with Crippen LogP contribution < -0.4 is 0 Å². The lowest BCUT2D eigenvalue weighted by Crippen LogP contribution is -2.12. The average molecular weight is 329 g/mol. The Morgan fingerprint density at radius 3 is 2.37 bits per heavy atom. The maximum Gasteiger partial charge on any atom is 0.280 e. The van der Waals surface area contributed by atoms with Crippen LogP contribution in [0.1, 0.15) is 26.1 Å². The number of halogens is 1. The zero-order valence-electron chi connectivity index (χ0n) is 10.8. The van der Waals surface area contributed by atoms with E-state index in [0.29, 0.717) is 25.2 Å². The van der Waals surface area contributed by atoms with E-state index >= 15 is 0 Å². The maximum absolute atomic E-state index is 11.4. The molecule has 0 aliphatic rings. The van der Waals surface area contributed by atoms with Gasteiger partial charge in [0.1, 0.15) is 15.7 Å². The van der Waals surface area contributed by atoms with Crippen molar-refractivity contribution in [1.82, 2.24) is 9.55 Å². The summed E-state index contributed by atoms with van der Waals surface area (Å²) >= 11 is 0. The Bertz CT molecular complexity index is 634. The second-order valence-corrected chi connectivity index (χ2v) is 9.06. The lowest BCUT2D eigenvalue weighted by atomic mass is 10.4. The van der Waals surface area contributed by atoms with Gasteiger partial charge in [-0.1, -0.05) is 13.8 Å². The van der Waals surface area contributed by atoms with Crippen LogP contribution in [0.4, 0.5) is 0 Å². The molecule has 0 fully saturated rings. The highest BCUT2D eigenvalue weighted by Crippen LogP contribution is 2.15. The van der Waals surface area contributed by atoms with Gasteiger partial charge in [0.15, 0.2) is 5.03 Å². The number of nitrogens with zero attached hydrogens (tertiary/aromatic N) is 2. The minimum Gasteiger partial charge on any atom is -0.333 e. The quantitative estimate of drug-likeness (QED) is 0.702. The summed E-state index contributed by atoms with van der Waals surface area (Å²) < 4.78 is 46.7. The Morgan fingerprint density at radius 2 is 1.89 bits per heavy atom. The molecule has 9 heteroatoms. The molecule has 0 saturated heterocycles. The highest BCUT2D eigenvalue weighted by Gasteiger charge is 2.17. The number of aryl methyl sites for hydroxylation is 2. The van der Waals surface area contributed by atoms with Gasteiger partial charge in [-0.05, 0) is 6.42 Å². The standard InChI is InChI=1S/C10H17ClN2O4S2/c1-3-9-12-10(19(11,16)17)8-13(9)6-5-7-18(14,15)4-2/h8H,3-7H2,1-2H3. The van der Waals surface area contributed by atoms with Crippen LogP contribution in [0.25, 0.3) is 0 Å². The first-order valence-electron chi connectivity index (χ1n) is 5.90. The van der Waals surface area contributed by atoms with Crippen molar-refractivity contribution in [3.63, 3.8) is 0 Å². The van der Waals surface area contributed by atoms with Crippen LogP contribution in [0, 0.1) is 0 Å². The zero-order valence-corrected chi connectivity index (χ0v) is 13.2. The van der Waals surface area contributed by atoms with Crippen LogP contribution in [0.3, 0.4) is 0 Å². The van der Waals surface area contributed by atoms with Crippen LogP contribution in [0.2, 0.25) is 0 Å². The predicted octanol–water partition coefficient (Wildman–Crippen LogP) is 1.20. The maximum atomic E-state index is 11.4. The third kappa shape index (κ3) is 4.77. The average Bonchev–Trinajstić information content (AvgIpc) is 2.72. The molecule has 1 heterocycles. The van der Waals surface area contributed by atoms with Gasteiger partial charge in [0.25, 0.3) is 9.05 Å². The van der Waals surface area contributed by atoms with Crippen LogP contribution in [0.15, 0.2) is 11.2 Å². The van der Waals surface area contributed by atoms with E-state index < -0.39 is 18.9 Å². The Hall–Kier alpha value is -0.600. The fourth-order valence-corrected chi connectivity index (χ4v) is 3.17. The fourth-order valence-electron chi connectivity index (χ4n) is 1.62. The summed E-state index contributed by atoms with van der Waals surface area (Å²) in [7, 11) is -1.63. The van der Waals surface area contributed by atoms with Crippen molar-refractivity contribution in [1.29, 1.82) is 0 Å². The van der Waals surface area contributed by atoms with E-state index in [4.69, 9.17) is 10.7 Å². The molecule has 6 nitrogen and oxygen atoms in total. The van der Waals surface area contributed by atoms with Crippen LogP contribution in [-0.2, 0) is 31.9 Å². The Kier molecular flexibility index (Phi) is 5.40. The molecule has 1 aromatic rings. The van der Waals surface area contributed by atoms with Crippen molar-refractivity contribution in [3.8, 4) is 0 Å². The number of imidazole rings is 1. The van der Waals surface area contributed by atoms with Gasteiger partial charge in [0.2, 0.25) is 0 Å². The van der Waals surface area contributed by atoms with E-state index in [9.17, 15) is 16.8 Å². The van der Waals surface area contributed by atoms with Gasteiger partial charge in [-0.3, -0.25) is 0 Å². The molecule has 0 aliphatic carbocycles. The van der Waals surface area contributed by atoms with Gasteiger partial charge >= 0.3 is 0 Å². The van der Waals surface area contributed by atoms with Crippen molar-refractivity contribution in [3.05, 3.63) is 12.0 Å². The zero-order chi connectivity index (χ0) is 14.7. The van der Waals surface area contributed by atoms with E-state index in [1.807, 2.05) is 6.92 Å². The number of sulfone groups is 1. The normalized spacial score (nSPS) is 12.8. The summed E-state index contributed by atoms with van der Waals surface area (Å²) in [5.74, 6) is 0.764. The van der Waals surface area contributed by atoms with Crippen molar-refractivity contribution >= 4 is 29.6 Å². The first kappa shape index (κ1) is 16.5. The topological polar surface area (TPSA) is 86.1 Å². The number of hydrogen-bond acceptors (Lipinski definition) is 5. The molecular formula is C10H17ClN2O4S2. The van der Waals surface area contributed by atoms with Crippen molar-refractivity contribution in [2.24, 2.45) is 0 Å². The molecule has 0 saturated carbocycles. The van der Waals surface area contributed by atoms with Gasteiger partial charge in [-0.2, -0.15) is 0 Å². The van der Waals surface area contributed by atoms with Gasteiger partial charge in [0.05, 0.1) is 5.75 Å². The van der Waals surface area contributed by atoms with E-state index in [0.717, 1.165) is 0 Å². The van der Waals surface area contributed by atoms with Crippen LogP contribution >= 0.6 is 10.7 Å². The molecule has 0 bridgehead atoms. The van der Waals surface area contributed by atoms with Crippen molar-refractivity contribution in [2.45, 2.75) is 38.3 Å². The molecule has 0 aliphatic heterocycles. The Morgan fingerprint density at radius 1 is 1.26 bits per heavy atom. The minimum atomic E-state index is -3.85. The van der Waals surface area contributed by atoms with E-state index in [-0.39, 0.29) is 16.5 Å². The molecule has 0 radical (unpaired) electrons. The summed E-state index contributed by atoms with van der Waals surface area (Å²) in [4.78, 5) is 3.93. The predicted molar refractivity (Wildman–Crippen MR) is 73.6 cm³/mol. The second kappa shape index (κ2) is 6.23. The molecule has 0 aromatic carbocycles. The Labute approximate surface area is 118 Å². The number of aromatic nitrogens is 2. The summed E-state index contributed by atoms with van der Waals surface area (Å²) in [6.07, 6.45) is 2.31. The lowest BCUT2D eigenvalue weighted by Gasteiger charge is -2.05. The lowest BCUT2D eigenvalue weighted by molar-refractivity contribution is 0.583. The molecule has 1 aromatic heterocycles. The molecule has 0 N–H and O–H groups in total. The number of rotatable bonds is 7. The van der Waals surface area contributed by atoms with Crippen molar-refractivity contribution in [2.75, 3.05) is 11.5 Å². The highest BCUT2D eigenvalue weighted by atomic mass is 35.7. The largest absolute Gasteiger partial charge is 0.333 e. The highest BCUT2D eigenvalue weighted by molar-refractivity contribution is 8.13. The molecule has 0 amide bonds. The first-order valence-corrected chi connectivity index (χ1v) is 10.0. The molecule has 19 heavy (non-hydrogen) atoms. The Balaban J connectivity index is 2.82. The monoisotopic (exact) mass is 328 g/mol. The van der Waals surface area contributed by atoms with E-state index in [1.165, 1.54) is 6.20 Å². The SMILES string of the molecule is CCc1nc(S(=O)(=O)Cl)cn1CCCS(=O)(=O)CC. The summed E-state index contributed by atoms with van der Waals surface area (Å²) in [5.41, 5.74) is 0. The first-order chi connectivity index (χ1) is 8.69. The molecule has 1 rings (SSSR count). The number of hydrogen-bond donors (Lipinski definition) is 0. The minimum absolute atomic E-state index is 0.0772. The van der Waals surface area contributed by atoms with Crippen molar-refractivity contribution < 1.29 is 16.8 Å². The van der Waals surface area contributed by atoms with E-state index in [2.05, 4.69) is 4.98 Å². The summed E-state index contributed by atoms with van der Waals surface area (Å²) in [6, 6.07) is 0. The molecule has 0 atom stereocenters. The van der Waals surface area contributed by atoms with Gasteiger partial charge in [-0.25, -0.2) is 21.8 Å². The summed E-state index contributed by atoms with van der Waals surface area (Å²) in [5, 5.41) is -0.190. The van der Waals surface area contributed by atoms with E-state index in [1.54, 1.807) is 11.5 Å². The van der Waals surface area contributed by atoms with Crippen LogP contribution in [0.5, 0.6) is 0 Å². The van der Waals surface area contributed by atoms with Gasteiger partial charge < -0.3 is 4.57 Å². The summed E-state index contributed by atoms with van der Waals surface area (Å²) in [6.45, 7) is 3.84. The molecule has 110 valence electrons. The smallest absolute Gasteiger partial charge is 0.280 e. The van der Waals surface area contributed by atoms with Gasteiger partial charge in [-0.15, -0.1) is 0 Å². The third-order valence-corrected chi connectivity index (χ3v) is 5.66. The fraction of sp³-hybridized carbons (Fsp3) is 0.700. The molecule has 0 unspecified atom stereocenters. The van der Waals surface area contributed by atoms with Crippen LogP contribution in [-0.4, -0.2) is 37.9 Å². The third-order valence-electron chi connectivity index (χ3n) is 2.70.